The summed E-state index contributed by atoms with van der Waals surface area (Å²) < 4.78 is 26.5. The molecule has 1 aromatic heterocycles. The highest BCUT2D eigenvalue weighted by Crippen LogP contribution is 2.28. The molecule has 0 aliphatic carbocycles. The molecular formula is C14H24N2O3S2. The fraction of sp³-hybridized carbons (Fsp3) is 0.571. The van der Waals surface area contributed by atoms with Crippen molar-refractivity contribution >= 4 is 21.4 Å². The number of sulfonamides is 1. The van der Waals surface area contributed by atoms with Gasteiger partial charge >= 0.3 is 0 Å². The van der Waals surface area contributed by atoms with Gasteiger partial charge in [-0.25, -0.2) is 8.42 Å². The van der Waals surface area contributed by atoms with Gasteiger partial charge in [0.25, 0.3) is 0 Å². The quantitative estimate of drug-likeness (QED) is 0.506. The van der Waals surface area contributed by atoms with Gasteiger partial charge in [0.2, 0.25) is 10.0 Å². The zero-order chi connectivity index (χ0) is 15.9. The van der Waals surface area contributed by atoms with Gasteiger partial charge in [0.1, 0.15) is 0 Å². The molecule has 0 fully saturated rings. The number of aliphatic hydroxyl groups is 1. The molecule has 0 atom stereocenters. The van der Waals surface area contributed by atoms with Crippen molar-refractivity contribution in [1.82, 2.24) is 9.62 Å². The Hall–Kier alpha value is -0.730. The molecule has 0 saturated carbocycles. The summed E-state index contributed by atoms with van der Waals surface area (Å²) in [7, 11) is -3.58. The number of thiophene rings is 1. The molecule has 0 unspecified atom stereocenters. The fourth-order valence-electron chi connectivity index (χ4n) is 1.96. The van der Waals surface area contributed by atoms with Crippen LogP contribution >= 0.6 is 11.3 Å². The van der Waals surface area contributed by atoms with Crippen LogP contribution in [0.15, 0.2) is 23.6 Å². The van der Waals surface area contributed by atoms with Gasteiger partial charge in [-0.15, -0.1) is 17.9 Å². The van der Waals surface area contributed by atoms with Crippen molar-refractivity contribution in [1.29, 1.82) is 0 Å². The first-order valence-electron chi connectivity index (χ1n) is 6.99. The third-order valence-electron chi connectivity index (χ3n) is 2.95. The predicted molar refractivity (Wildman–Crippen MR) is 87.1 cm³/mol. The standard InChI is InChI=1S/C14H24N2O3S2/c1-4-6-15-11-13-10-14(12(3)20-13)21(18,19)16(7-5-2)8-9-17/h5,10,15,17H,2,4,6-9,11H2,1,3H3. The van der Waals surface area contributed by atoms with Crippen molar-refractivity contribution in [3.05, 3.63) is 28.5 Å². The van der Waals surface area contributed by atoms with Crippen LogP contribution in [-0.2, 0) is 16.6 Å². The van der Waals surface area contributed by atoms with Gasteiger partial charge in [0.05, 0.1) is 11.5 Å². The van der Waals surface area contributed by atoms with Gasteiger partial charge in [-0.05, 0) is 26.0 Å². The normalized spacial score (nSPS) is 12.0. The minimum absolute atomic E-state index is 0.0764. The lowest BCUT2D eigenvalue weighted by Crippen LogP contribution is -2.33. The lowest BCUT2D eigenvalue weighted by Gasteiger charge is -2.19. The zero-order valence-electron chi connectivity index (χ0n) is 12.6. The van der Waals surface area contributed by atoms with E-state index in [-0.39, 0.29) is 19.7 Å². The lowest BCUT2D eigenvalue weighted by atomic mass is 10.4. The molecule has 1 rings (SSSR count). The van der Waals surface area contributed by atoms with Gasteiger partial charge in [-0.2, -0.15) is 4.31 Å². The zero-order valence-corrected chi connectivity index (χ0v) is 14.3. The molecule has 0 saturated heterocycles. The average Bonchev–Trinajstić information content (AvgIpc) is 2.81. The minimum Gasteiger partial charge on any atom is -0.395 e. The van der Waals surface area contributed by atoms with Crippen LogP contribution in [0.4, 0.5) is 0 Å². The van der Waals surface area contributed by atoms with E-state index in [0.717, 1.165) is 22.7 Å². The summed E-state index contributed by atoms with van der Waals surface area (Å²) in [6.45, 7) is 9.12. The summed E-state index contributed by atoms with van der Waals surface area (Å²) in [5.41, 5.74) is 0. The fourth-order valence-corrected chi connectivity index (χ4v) is 4.94. The SMILES string of the molecule is C=CCN(CCO)S(=O)(=O)c1cc(CNCCC)sc1C. The maximum Gasteiger partial charge on any atom is 0.244 e. The topological polar surface area (TPSA) is 69.6 Å². The van der Waals surface area contributed by atoms with Crippen LogP contribution in [0, 0.1) is 6.92 Å². The Morgan fingerprint density at radius 3 is 2.81 bits per heavy atom. The van der Waals surface area contributed by atoms with Gasteiger partial charge in [0, 0.05) is 29.4 Å². The first kappa shape index (κ1) is 18.3. The molecule has 0 radical (unpaired) electrons. The highest BCUT2D eigenvalue weighted by atomic mass is 32.2. The third-order valence-corrected chi connectivity index (χ3v) is 6.12. The van der Waals surface area contributed by atoms with Gasteiger partial charge in [-0.3, -0.25) is 0 Å². The van der Waals surface area contributed by atoms with Gasteiger partial charge in [-0.1, -0.05) is 13.0 Å². The Morgan fingerprint density at radius 1 is 1.52 bits per heavy atom. The van der Waals surface area contributed by atoms with Crippen LogP contribution in [0.25, 0.3) is 0 Å². The maximum absolute atomic E-state index is 12.6. The lowest BCUT2D eigenvalue weighted by molar-refractivity contribution is 0.260. The van der Waals surface area contributed by atoms with E-state index >= 15 is 0 Å². The van der Waals surface area contributed by atoms with E-state index in [9.17, 15) is 8.42 Å². The number of aliphatic hydroxyl groups excluding tert-OH is 1. The summed E-state index contributed by atoms with van der Waals surface area (Å²) in [4.78, 5) is 2.11. The molecule has 21 heavy (non-hydrogen) atoms. The molecule has 1 heterocycles. The van der Waals surface area contributed by atoms with Crippen molar-refractivity contribution in [2.24, 2.45) is 0 Å². The number of nitrogens with one attached hydrogen (secondary N) is 1. The summed E-state index contributed by atoms with van der Waals surface area (Å²) in [5, 5.41) is 12.3. The van der Waals surface area contributed by atoms with E-state index in [1.165, 1.54) is 21.7 Å². The number of nitrogens with zero attached hydrogens (tertiary/aromatic N) is 1. The monoisotopic (exact) mass is 332 g/mol. The summed E-state index contributed by atoms with van der Waals surface area (Å²) in [5.74, 6) is 0. The van der Waals surface area contributed by atoms with Crippen molar-refractivity contribution < 1.29 is 13.5 Å². The van der Waals surface area contributed by atoms with E-state index in [4.69, 9.17) is 5.11 Å². The van der Waals surface area contributed by atoms with E-state index in [2.05, 4.69) is 18.8 Å². The van der Waals surface area contributed by atoms with Crippen molar-refractivity contribution in [2.45, 2.75) is 31.7 Å². The Labute approximate surface area is 131 Å². The maximum atomic E-state index is 12.6. The first-order chi connectivity index (χ1) is 9.97. The Morgan fingerprint density at radius 2 is 2.24 bits per heavy atom. The predicted octanol–water partition coefficient (Wildman–Crippen LogP) is 1.73. The highest BCUT2D eigenvalue weighted by molar-refractivity contribution is 7.89. The molecule has 2 N–H and O–H groups in total. The number of aryl methyl sites for hydroxylation is 1. The first-order valence-corrected chi connectivity index (χ1v) is 9.25. The van der Waals surface area contributed by atoms with Crippen LogP contribution in [0.5, 0.6) is 0 Å². The van der Waals surface area contributed by atoms with E-state index < -0.39 is 10.0 Å². The van der Waals surface area contributed by atoms with Gasteiger partial charge < -0.3 is 10.4 Å². The smallest absolute Gasteiger partial charge is 0.244 e. The molecule has 0 amide bonds. The largest absolute Gasteiger partial charge is 0.395 e. The van der Waals surface area contributed by atoms with E-state index in [0.29, 0.717) is 11.4 Å². The molecule has 0 spiro atoms. The molecule has 7 heteroatoms. The Bertz CT molecular complexity index is 553. The molecule has 0 bridgehead atoms. The van der Waals surface area contributed by atoms with Crippen LogP contribution < -0.4 is 5.32 Å². The summed E-state index contributed by atoms with van der Waals surface area (Å²) in [6.07, 6.45) is 2.57. The van der Waals surface area contributed by atoms with E-state index in [1.807, 2.05) is 6.92 Å². The van der Waals surface area contributed by atoms with Gasteiger partial charge in [0.15, 0.2) is 0 Å². The second-order valence-corrected chi connectivity index (χ2v) is 7.93. The van der Waals surface area contributed by atoms with Crippen LogP contribution in [0.3, 0.4) is 0 Å². The second-order valence-electron chi connectivity index (χ2n) is 4.69. The van der Waals surface area contributed by atoms with Crippen molar-refractivity contribution in [3.8, 4) is 0 Å². The molecule has 0 aromatic carbocycles. The number of hydrogen-bond acceptors (Lipinski definition) is 5. The number of rotatable bonds is 10. The van der Waals surface area contributed by atoms with Crippen molar-refractivity contribution in [3.63, 3.8) is 0 Å². The van der Waals surface area contributed by atoms with Crippen LogP contribution in [-0.4, -0.2) is 44.1 Å². The Balaban J connectivity index is 2.98. The molecule has 0 aliphatic rings. The molecule has 0 aliphatic heterocycles. The highest BCUT2D eigenvalue weighted by Gasteiger charge is 2.26. The number of hydrogen-bond donors (Lipinski definition) is 2. The van der Waals surface area contributed by atoms with E-state index in [1.54, 1.807) is 6.07 Å². The molecular weight excluding hydrogens is 308 g/mol. The molecule has 5 nitrogen and oxygen atoms in total. The molecule has 120 valence electrons. The summed E-state index contributed by atoms with van der Waals surface area (Å²) in [6, 6.07) is 1.73. The van der Waals surface area contributed by atoms with Crippen molar-refractivity contribution in [2.75, 3.05) is 26.2 Å². The second kappa shape index (κ2) is 8.65. The van der Waals surface area contributed by atoms with Crippen LogP contribution in [0.1, 0.15) is 23.1 Å². The third kappa shape index (κ3) is 4.89. The Kier molecular flexibility index (Phi) is 7.55. The van der Waals surface area contributed by atoms with Crippen LogP contribution in [0.2, 0.25) is 0 Å². The average molecular weight is 332 g/mol. The minimum atomic E-state index is -3.58. The molecule has 1 aromatic rings. The summed E-state index contributed by atoms with van der Waals surface area (Å²) >= 11 is 1.49.